The Morgan fingerprint density at radius 2 is 2.06 bits per heavy atom. The lowest BCUT2D eigenvalue weighted by Crippen LogP contribution is -2.30. The Morgan fingerprint density at radius 1 is 1.31 bits per heavy atom. The number of hydrogen-bond donors (Lipinski definition) is 1. The maximum absolute atomic E-state index is 9.82. The van der Waals surface area contributed by atoms with Crippen LogP contribution >= 0.6 is 0 Å². The van der Waals surface area contributed by atoms with Crippen LogP contribution in [-0.4, -0.2) is 17.3 Å². The number of benzene rings is 1. The number of hydrogen-bond acceptors (Lipinski definition) is 2. The fraction of sp³-hybridized carbons (Fsp3) is 0.429. The van der Waals surface area contributed by atoms with Crippen molar-refractivity contribution in [3.05, 3.63) is 48.6 Å². The van der Waals surface area contributed by atoms with Crippen LogP contribution in [0.3, 0.4) is 0 Å². The molecule has 1 aromatic carbocycles. The maximum atomic E-state index is 9.82. The second-order valence-electron chi connectivity index (χ2n) is 4.31. The van der Waals surface area contributed by atoms with Crippen LogP contribution in [0, 0.1) is 0 Å². The van der Waals surface area contributed by atoms with Crippen molar-refractivity contribution >= 4 is 0 Å². The highest BCUT2D eigenvalue weighted by Gasteiger charge is 2.28. The van der Waals surface area contributed by atoms with Crippen LogP contribution in [0.1, 0.15) is 30.9 Å². The van der Waals surface area contributed by atoms with E-state index in [1.807, 2.05) is 36.4 Å². The van der Waals surface area contributed by atoms with Crippen LogP contribution in [0.2, 0.25) is 0 Å². The van der Waals surface area contributed by atoms with Crippen molar-refractivity contribution in [3.8, 4) is 0 Å². The summed E-state index contributed by atoms with van der Waals surface area (Å²) in [5, 5.41) is 9.82. The molecule has 0 amide bonds. The predicted molar refractivity (Wildman–Crippen MR) is 64.1 cm³/mol. The molecule has 1 heterocycles. The molecule has 2 nitrogen and oxygen atoms in total. The highest BCUT2D eigenvalue weighted by Crippen LogP contribution is 2.32. The fourth-order valence-corrected chi connectivity index (χ4v) is 2.21. The quantitative estimate of drug-likeness (QED) is 0.790. The van der Waals surface area contributed by atoms with E-state index < -0.39 is 0 Å². The molecule has 0 saturated carbocycles. The standard InChI is InChI=1S/C14H18O2/c1-2-6-13-9-12(15)10-14(16-13)11-7-4-3-5-8-11/h2-5,7-8,12-15H,1,6,9-10H2/t12-,13-,14-/m1/s1. The molecule has 2 rings (SSSR count). The molecule has 1 aliphatic heterocycles. The lowest BCUT2D eigenvalue weighted by molar-refractivity contribution is -0.0957. The van der Waals surface area contributed by atoms with Crippen molar-refractivity contribution in [1.29, 1.82) is 0 Å². The van der Waals surface area contributed by atoms with Crippen molar-refractivity contribution in [1.82, 2.24) is 0 Å². The zero-order chi connectivity index (χ0) is 11.4. The minimum atomic E-state index is -0.260. The van der Waals surface area contributed by atoms with E-state index in [0.717, 1.165) is 18.4 Å². The Kier molecular flexibility index (Phi) is 3.75. The second kappa shape index (κ2) is 5.28. The Balaban J connectivity index is 2.07. The molecule has 2 heteroatoms. The summed E-state index contributed by atoms with van der Waals surface area (Å²) in [7, 11) is 0. The summed E-state index contributed by atoms with van der Waals surface area (Å²) in [5.41, 5.74) is 1.15. The summed E-state index contributed by atoms with van der Waals surface area (Å²) in [6.45, 7) is 3.72. The van der Waals surface area contributed by atoms with Crippen molar-refractivity contribution in [3.63, 3.8) is 0 Å². The van der Waals surface area contributed by atoms with Crippen LogP contribution in [0.15, 0.2) is 43.0 Å². The Morgan fingerprint density at radius 3 is 2.75 bits per heavy atom. The first-order valence-corrected chi connectivity index (χ1v) is 5.79. The van der Waals surface area contributed by atoms with Crippen LogP contribution in [-0.2, 0) is 4.74 Å². The van der Waals surface area contributed by atoms with Crippen LogP contribution in [0.4, 0.5) is 0 Å². The summed E-state index contributed by atoms with van der Waals surface area (Å²) in [4.78, 5) is 0. The topological polar surface area (TPSA) is 29.5 Å². The van der Waals surface area contributed by atoms with Crippen LogP contribution in [0.25, 0.3) is 0 Å². The van der Waals surface area contributed by atoms with E-state index >= 15 is 0 Å². The van der Waals surface area contributed by atoms with Crippen LogP contribution < -0.4 is 0 Å². The van der Waals surface area contributed by atoms with Gasteiger partial charge in [0, 0.05) is 6.42 Å². The molecule has 3 atom stereocenters. The SMILES string of the molecule is C=CC[C@@H]1C[C@@H](O)C[C@H](c2ccccc2)O1. The van der Waals surface area contributed by atoms with Crippen molar-refractivity contribution < 1.29 is 9.84 Å². The third-order valence-corrected chi connectivity index (χ3v) is 2.98. The molecular weight excluding hydrogens is 200 g/mol. The maximum Gasteiger partial charge on any atom is 0.0853 e. The first kappa shape index (κ1) is 11.4. The van der Waals surface area contributed by atoms with Gasteiger partial charge in [-0.05, 0) is 18.4 Å². The predicted octanol–water partition coefficient (Wildman–Crippen LogP) is 2.84. The highest BCUT2D eigenvalue weighted by atomic mass is 16.5. The van der Waals surface area contributed by atoms with Gasteiger partial charge in [-0.15, -0.1) is 6.58 Å². The molecule has 1 saturated heterocycles. The van der Waals surface area contributed by atoms with Crippen molar-refractivity contribution in [2.24, 2.45) is 0 Å². The number of aliphatic hydroxyl groups is 1. The third kappa shape index (κ3) is 2.71. The molecule has 16 heavy (non-hydrogen) atoms. The molecular formula is C14H18O2. The first-order chi connectivity index (χ1) is 7.79. The van der Waals surface area contributed by atoms with E-state index in [9.17, 15) is 5.11 Å². The molecule has 1 aliphatic rings. The number of aliphatic hydroxyl groups excluding tert-OH is 1. The van der Waals surface area contributed by atoms with E-state index in [0.29, 0.717) is 6.42 Å². The van der Waals surface area contributed by atoms with E-state index in [-0.39, 0.29) is 18.3 Å². The second-order valence-corrected chi connectivity index (χ2v) is 4.31. The van der Waals surface area contributed by atoms with Gasteiger partial charge in [-0.1, -0.05) is 36.4 Å². The molecule has 0 unspecified atom stereocenters. The van der Waals surface area contributed by atoms with E-state index in [1.165, 1.54) is 0 Å². The largest absolute Gasteiger partial charge is 0.393 e. The Labute approximate surface area is 96.6 Å². The number of rotatable bonds is 3. The average molecular weight is 218 g/mol. The van der Waals surface area contributed by atoms with Gasteiger partial charge in [0.15, 0.2) is 0 Å². The molecule has 0 bridgehead atoms. The van der Waals surface area contributed by atoms with Gasteiger partial charge in [-0.2, -0.15) is 0 Å². The first-order valence-electron chi connectivity index (χ1n) is 5.79. The zero-order valence-electron chi connectivity index (χ0n) is 9.38. The van der Waals surface area contributed by atoms with E-state index in [2.05, 4.69) is 6.58 Å². The van der Waals surface area contributed by atoms with Gasteiger partial charge in [0.2, 0.25) is 0 Å². The summed E-state index contributed by atoms with van der Waals surface area (Å²) >= 11 is 0. The molecule has 0 aliphatic carbocycles. The molecule has 1 aromatic rings. The van der Waals surface area contributed by atoms with Gasteiger partial charge >= 0.3 is 0 Å². The van der Waals surface area contributed by atoms with Gasteiger partial charge < -0.3 is 9.84 Å². The smallest absolute Gasteiger partial charge is 0.0853 e. The summed E-state index contributed by atoms with van der Waals surface area (Å²) < 4.78 is 5.95. The van der Waals surface area contributed by atoms with Gasteiger partial charge in [-0.25, -0.2) is 0 Å². The van der Waals surface area contributed by atoms with Crippen molar-refractivity contribution in [2.45, 2.75) is 37.6 Å². The Bertz CT molecular complexity index is 334. The van der Waals surface area contributed by atoms with E-state index in [1.54, 1.807) is 0 Å². The lowest BCUT2D eigenvalue weighted by Gasteiger charge is -2.33. The molecule has 0 spiro atoms. The van der Waals surface area contributed by atoms with E-state index in [4.69, 9.17) is 4.74 Å². The monoisotopic (exact) mass is 218 g/mol. The average Bonchev–Trinajstić information content (AvgIpc) is 2.30. The van der Waals surface area contributed by atoms with Gasteiger partial charge in [0.05, 0.1) is 18.3 Å². The van der Waals surface area contributed by atoms with Crippen molar-refractivity contribution in [2.75, 3.05) is 0 Å². The molecule has 1 fully saturated rings. The molecule has 0 radical (unpaired) electrons. The minimum Gasteiger partial charge on any atom is -0.393 e. The summed E-state index contributed by atoms with van der Waals surface area (Å²) in [6.07, 6.45) is 3.93. The Hall–Kier alpha value is -1.12. The van der Waals surface area contributed by atoms with Gasteiger partial charge in [0.25, 0.3) is 0 Å². The molecule has 86 valence electrons. The molecule has 1 N–H and O–H groups in total. The summed E-state index contributed by atoms with van der Waals surface area (Å²) in [6, 6.07) is 10.1. The normalized spacial score (nSPS) is 29.9. The molecule has 0 aromatic heterocycles. The highest BCUT2D eigenvalue weighted by molar-refractivity contribution is 5.18. The number of ether oxygens (including phenoxy) is 1. The lowest BCUT2D eigenvalue weighted by atomic mass is 9.95. The fourth-order valence-electron chi connectivity index (χ4n) is 2.21. The summed E-state index contributed by atoms with van der Waals surface area (Å²) in [5.74, 6) is 0. The van der Waals surface area contributed by atoms with Gasteiger partial charge in [0.1, 0.15) is 0 Å². The third-order valence-electron chi connectivity index (χ3n) is 2.98. The minimum absolute atomic E-state index is 0.0231. The van der Waals surface area contributed by atoms with Gasteiger partial charge in [-0.3, -0.25) is 0 Å². The van der Waals surface area contributed by atoms with Crippen LogP contribution in [0.5, 0.6) is 0 Å². The zero-order valence-corrected chi connectivity index (χ0v) is 9.38.